The summed E-state index contributed by atoms with van der Waals surface area (Å²) in [6.45, 7) is 6.05. The van der Waals surface area contributed by atoms with Crippen LogP contribution < -0.4 is 15.2 Å². The molecule has 1 fully saturated rings. The number of rotatable bonds is 5. The van der Waals surface area contributed by atoms with Crippen molar-refractivity contribution in [2.75, 3.05) is 40.0 Å². The van der Waals surface area contributed by atoms with Crippen LogP contribution in [-0.2, 0) is 11.3 Å². The average molecular weight is 293 g/mol. The van der Waals surface area contributed by atoms with Gasteiger partial charge in [-0.15, -0.1) is 0 Å². The second-order valence-electron chi connectivity index (χ2n) is 4.69. The molecule has 2 N–H and O–H groups in total. The second-order valence-corrected chi connectivity index (χ2v) is 4.69. The quantitative estimate of drug-likeness (QED) is 0.653. The lowest BCUT2D eigenvalue weighted by atomic mass is 10.2. The molecule has 0 unspecified atom stereocenters. The summed E-state index contributed by atoms with van der Waals surface area (Å²) in [5.41, 5.74) is 7.05. The lowest BCUT2D eigenvalue weighted by Gasteiger charge is -2.27. The zero-order valence-corrected chi connectivity index (χ0v) is 12.7. The molecular formula is C15H23N3O3. The Kier molecular flexibility index (Phi) is 5.68. The number of hydrogen-bond acceptors (Lipinski definition) is 4. The third kappa shape index (κ3) is 4.26. The average Bonchev–Trinajstić information content (AvgIpc) is 2.54. The molecule has 1 aliphatic heterocycles. The highest BCUT2D eigenvalue weighted by atomic mass is 16.5. The van der Waals surface area contributed by atoms with Crippen molar-refractivity contribution in [1.29, 1.82) is 0 Å². The van der Waals surface area contributed by atoms with Gasteiger partial charge in [0, 0.05) is 13.1 Å². The van der Waals surface area contributed by atoms with Gasteiger partial charge in [0.1, 0.15) is 0 Å². The lowest BCUT2D eigenvalue weighted by molar-refractivity contribution is 0.0674. The highest BCUT2D eigenvalue weighted by Gasteiger charge is 2.12. The van der Waals surface area contributed by atoms with Gasteiger partial charge in [0.05, 0.1) is 33.5 Å². The summed E-state index contributed by atoms with van der Waals surface area (Å²) in [6, 6.07) is 5.80. The van der Waals surface area contributed by atoms with Crippen molar-refractivity contribution in [3.8, 4) is 11.5 Å². The van der Waals surface area contributed by atoms with Crippen LogP contribution in [0, 0.1) is 0 Å². The molecule has 0 radical (unpaired) electrons. The highest BCUT2D eigenvalue weighted by Crippen LogP contribution is 2.28. The van der Waals surface area contributed by atoms with Gasteiger partial charge in [-0.05, 0) is 24.6 Å². The second kappa shape index (κ2) is 7.73. The molecule has 2 rings (SSSR count). The van der Waals surface area contributed by atoms with Crippen molar-refractivity contribution in [3.05, 3.63) is 23.8 Å². The Balaban J connectivity index is 2.03. The van der Waals surface area contributed by atoms with Gasteiger partial charge in [0.2, 0.25) is 0 Å². The van der Waals surface area contributed by atoms with E-state index in [4.69, 9.17) is 19.9 Å². The maximum absolute atomic E-state index is 6.01. The van der Waals surface area contributed by atoms with Gasteiger partial charge in [-0.1, -0.05) is 6.07 Å². The summed E-state index contributed by atoms with van der Waals surface area (Å²) in [4.78, 5) is 6.48. The van der Waals surface area contributed by atoms with E-state index in [0.29, 0.717) is 32.3 Å². The van der Waals surface area contributed by atoms with Gasteiger partial charge < -0.3 is 24.8 Å². The van der Waals surface area contributed by atoms with Gasteiger partial charge in [-0.2, -0.15) is 0 Å². The molecule has 1 aromatic rings. The number of aliphatic imine (C=N–C) groups is 1. The van der Waals surface area contributed by atoms with Crippen molar-refractivity contribution in [3.63, 3.8) is 0 Å². The van der Waals surface area contributed by atoms with Crippen LogP contribution in [0.1, 0.15) is 12.5 Å². The number of benzene rings is 1. The predicted molar refractivity (Wildman–Crippen MR) is 81.9 cm³/mol. The third-order valence-corrected chi connectivity index (χ3v) is 3.29. The van der Waals surface area contributed by atoms with E-state index in [0.717, 1.165) is 30.2 Å². The molecule has 0 saturated carbocycles. The first kappa shape index (κ1) is 15.4. The Morgan fingerprint density at radius 2 is 2.10 bits per heavy atom. The molecule has 6 nitrogen and oxygen atoms in total. The van der Waals surface area contributed by atoms with E-state index in [9.17, 15) is 0 Å². The monoisotopic (exact) mass is 293 g/mol. The normalized spacial score (nSPS) is 15.9. The standard InChI is InChI=1S/C15H23N3O3/c1-3-21-14-10-12(4-5-13(14)19-2)11-17-15(16)18-6-8-20-9-7-18/h4-5,10H,3,6-9,11H2,1-2H3,(H2,16,17). The number of morpholine rings is 1. The van der Waals surface area contributed by atoms with Crippen LogP contribution in [-0.4, -0.2) is 50.9 Å². The molecule has 0 spiro atoms. The number of nitrogens with zero attached hydrogens (tertiary/aromatic N) is 2. The van der Waals surface area contributed by atoms with Gasteiger partial charge in [0.15, 0.2) is 17.5 Å². The van der Waals surface area contributed by atoms with Crippen LogP contribution in [0.5, 0.6) is 11.5 Å². The van der Waals surface area contributed by atoms with E-state index in [2.05, 4.69) is 4.99 Å². The molecule has 0 amide bonds. The number of ether oxygens (including phenoxy) is 3. The molecule has 1 saturated heterocycles. The number of methoxy groups -OCH3 is 1. The fraction of sp³-hybridized carbons (Fsp3) is 0.533. The van der Waals surface area contributed by atoms with Gasteiger partial charge in [-0.25, -0.2) is 4.99 Å². The Hall–Kier alpha value is -1.95. The van der Waals surface area contributed by atoms with Crippen LogP contribution in [0.15, 0.2) is 23.2 Å². The lowest BCUT2D eigenvalue weighted by Crippen LogP contribution is -2.44. The zero-order chi connectivity index (χ0) is 15.1. The highest BCUT2D eigenvalue weighted by molar-refractivity contribution is 5.78. The minimum Gasteiger partial charge on any atom is -0.493 e. The molecule has 21 heavy (non-hydrogen) atoms. The molecule has 0 atom stereocenters. The SMILES string of the molecule is CCOc1cc(CN=C(N)N2CCOCC2)ccc1OC. The number of nitrogens with two attached hydrogens (primary N) is 1. The first-order valence-corrected chi connectivity index (χ1v) is 7.17. The van der Waals surface area contributed by atoms with E-state index in [-0.39, 0.29) is 0 Å². The molecule has 0 aliphatic carbocycles. The molecule has 116 valence electrons. The van der Waals surface area contributed by atoms with Crippen molar-refractivity contribution in [1.82, 2.24) is 4.90 Å². The van der Waals surface area contributed by atoms with E-state index in [1.54, 1.807) is 7.11 Å². The van der Waals surface area contributed by atoms with Crippen molar-refractivity contribution in [2.24, 2.45) is 10.7 Å². The van der Waals surface area contributed by atoms with Crippen LogP contribution in [0.25, 0.3) is 0 Å². The summed E-state index contributed by atoms with van der Waals surface area (Å²) in [7, 11) is 1.63. The Bertz CT molecular complexity index is 485. The summed E-state index contributed by atoms with van der Waals surface area (Å²) in [5, 5.41) is 0. The summed E-state index contributed by atoms with van der Waals surface area (Å²) < 4.78 is 16.1. The molecule has 1 aromatic carbocycles. The van der Waals surface area contributed by atoms with Gasteiger partial charge in [-0.3, -0.25) is 0 Å². The van der Waals surface area contributed by atoms with E-state index in [1.807, 2.05) is 30.0 Å². The van der Waals surface area contributed by atoms with Crippen LogP contribution in [0.3, 0.4) is 0 Å². The maximum Gasteiger partial charge on any atom is 0.191 e. The Labute approximate surface area is 125 Å². The van der Waals surface area contributed by atoms with Crippen LogP contribution in [0.2, 0.25) is 0 Å². The molecule has 1 heterocycles. The van der Waals surface area contributed by atoms with E-state index < -0.39 is 0 Å². The Morgan fingerprint density at radius 3 is 2.76 bits per heavy atom. The first-order chi connectivity index (χ1) is 10.2. The van der Waals surface area contributed by atoms with Crippen LogP contribution in [0.4, 0.5) is 0 Å². The largest absolute Gasteiger partial charge is 0.493 e. The summed E-state index contributed by atoms with van der Waals surface area (Å²) in [5.74, 6) is 2.02. The minimum atomic E-state index is 0.521. The molecule has 1 aliphatic rings. The molecule has 0 bridgehead atoms. The topological polar surface area (TPSA) is 69.3 Å². The zero-order valence-electron chi connectivity index (χ0n) is 12.7. The maximum atomic E-state index is 6.01. The number of hydrogen-bond donors (Lipinski definition) is 1. The fourth-order valence-electron chi connectivity index (χ4n) is 2.15. The third-order valence-electron chi connectivity index (χ3n) is 3.29. The summed E-state index contributed by atoms with van der Waals surface area (Å²) in [6.07, 6.45) is 0. The minimum absolute atomic E-state index is 0.521. The van der Waals surface area contributed by atoms with Crippen molar-refractivity contribution < 1.29 is 14.2 Å². The van der Waals surface area contributed by atoms with Crippen molar-refractivity contribution >= 4 is 5.96 Å². The number of guanidine groups is 1. The Morgan fingerprint density at radius 1 is 1.33 bits per heavy atom. The molecular weight excluding hydrogens is 270 g/mol. The molecule has 6 heteroatoms. The predicted octanol–water partition coefficient (Wildman–Crippen LogP) is 1.24. The summed E-state index contributed by atoms with van der Waals surface area (Å²) >= 11 is 0. The first-order valence-electron chi connectivity index (χ1n) is 7.17. The van der Waals surface area contributed by atoms with Crippen molar-refractivity contribution in [2.45, 2.75) is 13.5 Å². The van der Waals surface area contributed by atoms with Gasteiger partial charge >= 0.3 is 0 Å². The smallest absolute Gasteiger partial charge is 0.191 e. The van der Waals surface area contributed by atoms with E-state index in [1.165, 1.54) is 0 Å². The molecule has 0 aromatic heterocycles. The van der Waals surface area contributed by atoms with Gasteiger partial charge in [0.25, 0.3) is 0 Å². The van der Waals surface area contributed by atoms with E-state index >= 15 is 0 Å². The van der Waals surface area contributed by atoms with Crippen LogP contribution >= 0.6 is 0 Å². The fourth-order valence-corrected chi connectivity index (χ4v) is 2.15.